The van der Waals surface area contributed by atoms with Crippen LogP contribution in [0, 0.1) is 5.92 Å². The molecule has 0 spiro atoms. The van der Waals surface area contributed by atoms with Gasteiger partial charge in [0.25, 0.3) is 0 Å². The van der Waals surface area contributed by atoms with Crippen LogP contribution in [0.15, 0.2) is 29.3 Å². The topological polar surface area (TPSA) is 56.7 Å². The molecule has 1 rings (SSSR count). The molecule has 1 aromatic rings. The highest BCUT2D eigenvalue weighted by molar-refractivity contribution is 14.0. The van der Waals surface area contributed by atoms with Crippen molar-refractivity contribution in [2.24, 2.45) is 10.9 Å². The summed E-state index contributed by atoms with van der Waals surface area (Å²) in [4.78, 5) is 4.57. The van der Waals surface area contributed by atoms with Gasteiger partial charge in [-0.1, -0.05) is 38.1 Å². The van der Waals surface area contributed by atoms with Crippen molar-refractivity contribution in [2.45, 2.75) is 40.3 Å². The summed E-state index contributed by atoms with van der Waals surface area (Å²) in [6, 6.07) is 7.85. The van der Waals surface area contributed by atoms with Crippen molar-refractivity contribution in [1.82, 2.24) is 10.6 Å². The Balaban J connectivity index is 0.00000400. The minimum absolute atomic E-state index is 0. The normalized spacial score (nSPS) is 11.2. The number of benzene rings is 1. The van der Waals surface area contributed by atoms with Crippen LogP contribution in [0.5, 0.6) is 0 Å². The van der Waals surface area contributed by atoms with Gasteiger partial charge in [-0.3, -0.25) is 0 Å². The third kappa shape index (κ3) is 8.26. The lowest BCUT2D eigenvalue weighted by molar-refractivity contribution is 0.280. The van der Waals surface area contributed by atoms with Crippen LogP contribution in [0.1, 0.15) is 38.3 Å². The molecule has 0 fully saturated rings. The van der Waals surface area contributed by atoms with Gasteiger partial charge in [0, 0.05) is 13.1 Å². The van der Waals surface area contributed by atoms with E-state index in [0.717, 1.165) is 36.6 Å². The first-order chi connectivity index (χ1) is 9.67. The van der Waals surface area contributed by atoms with Crippen molar-refractivity contribution in [3.8, 4) is 0 Å². The molecule has 0 amide bonds. The molecule has 5 heteroatoms. The number of guanidine groups is 1. The Morgan fingerprint density at radius 1 is 1.19 bits per heavy atom. The number of nitrogens with one attached hydrogen (secondary N) is 2. The van der Waals surface area contributed by atoms with Gasteiger partial charge in [0.15, 0.2) is 5.96 Å². The molecular weight excluding hydrogens is 377 g/mol. The monoisotopic (exact) mass is 405 g/mol. The Morgan fingerprint density at radius 2 is 1.86 bits per heavy atom. The zero-order valence-electron chi connectivity index (χ0n) is 13.2. The van der Waals surface area contributed by atoms with Gasteiger partial charge >= 0.3 is 0 Å². The van der Waals surface area contributed by atoms with E-state index in [4.69, 9.17) is 0 Å². The largest absolute Gasteiger partial charge is 0.392 e. The van der Waals surface area contributed by atoms with Crippen LogP contribution in [-0.2, 0) is 13.2 Å². The molecule has 1 aromatic carbocycles. The standard InChI is InChI=1S/C16H27N3O.HI/c1-4-17-16(18-10-9-13(2)3)19-11-14-7-5-6-8-15(14)12-20;/h5-8,13,20H,4,9-12H2,1-3H3,(H2,17,18,19);1H. The second kappa shape index (κ2) is 11.8. The summed E-state index contributed by atoms with van der Waals surface area (Å²) < 4.78 is 0. The summed E-state index contributed by atoms with van der Waals surface area (Å²) >= 11 is 0. The molecule has 0 atom stereocenters. The van der Waals surface area contributed by atoms with Crippen LogP contribution in [0.25, 0.3) is 0 Å². The van der Waals surface area contributed by atoms with Crippen LogP contribution in [0.3, 0.4) is 0 Å². The predicted octanol–water partition coefficient (Wildman–Crippen LogP) is 2.90. The molecular formula is C16H28IN3O. The summed E-state index contributed by atoms with van der Waals surface area (Å²) in [6.07, 6.45) is 1.12. The highest BCUT2D eigenvalue weighted by Gasteiger charge is 2.02. The Hall–Kier alpha value is -0.820. The van der Waals surface area contributed by atoms with Crippen molar-refractivity contribution >= 4 is 29.9 Å². The second-order valence-electron chi connectivity index (χ2n) is 5.23. The van der Waals surface area contributed by atoms with Gasteiger partial charge in [-0.05, 0) is 30.4 Å². The maximum Gasteiger partial charge on any atom is 0.191 e. The number of aliphatic hydroxyl groups is 1. The maximum atomic E-state index is 9.31. The highest BCUT2D eigenvalue weighted by atomic mass is 127. The lowest BCUT2D eigenvalue weighted by Gasteiger charge is -2.13. The molecule has 0 saturated heterocycles. The molecule has 0 radical (unpaired) electrons. The van der Waals surface area contributed by atoms with E-state index in [-0.39, 0.29) is 30.6 Å². The van der Waals surface area contributed by atoms with E-state index < -0.39 is 0 Å². The van der Waals surface area contributed by atoms with E-state index in [1.807, 2.05) is 24.3 Å². The third-order valence-corrected chi connectivity index (χ3v) is 3.05. The van der Waals surface area contributed by atoms with Gasteiger partial charge in [-0.15, -0.1) is 24.0 Å². The van der Waals surface area contributed by atoms with E-state index in [9.17, 15) is 5.11 Å². The summed E-state index contributed by atoms with van der Waals surface area (Å²) in [6.45, 7) is 8.88. The molecule has 120 valence electrons. The molecule has 0 aromatic heterocycles. The van der Waals surface area contributed by atoms with E-state index >= 15 is 0 Å². The number of hydrogen-bond donors (Lipinski definition) is 3. The van der Waals surface area contributed by atoms with Gasteiger partial charge in [0.1, 0.15) is 0 Å². The van der Waals surface area contributed by atoms with E-state index in [2.05, 4.69) is 36.4 Å². The lowest BCUT2D eigenvalue weighted by atomic mass is 10.1. The Labute approximate surface area is 145 Å². The summed E-state index contributed by atoms with van der Waals surface area (Å²) in [5, 5.41) is 15.9. The van der Waals surface area contributed by atoms with Gasteiger partial charge < -0.3 is 15.7 Å². The van der Waals surface area contributed by atoms with E-state index in [0.29, 0.717) is 12.5 Å². The quantitative estimate of drug-likeness (QED) is 0.372. The number of halogens is 1. The summed E-state index contributed by atoms with van der Waals surface area (Å²) in [7, 11) is 0. The number of nitrogens with zero attached hydrogens (tertiary/aromatic N) is 1. The van der Waals surface area contributed by atoms with Crippen LogP contribution in [-0.4, -0.2) is 24.2 Å². The van der Waals surface area contributed by atoms with E-state index in [1.165, 1.54) is 0 Å². The van der Waals surface area contributed by atoms with E-state index in [1.54, 1.807) is 0 Å². The number of rotatable bonds is 7. The number of aliphatic imine (C=N–C) groups is 1. The SMILES string of the molecule is CCNC(=NCc1ccccc1CO)NCCC(C)C.I. The molecule has 0 aliphatic heterocycles. The van der Waals surface area contributed by atoms with Crippen molar-refractivity contribution < 1.29 is 5.11 Å². The lowest BCUT2D eigenvalue weighted by Crippen LogP contribution is -2.38. The first kappa shape index (κ1) is 20.2. The fourth-order valence-corrected chi connectivity index (χ4v) is 1.85. The van der Waals surface area contributed by atoms with Crippen LogP contribution >= 0.6 is 24.0 Å². The van der Waals surface area contributed by atoms with Crippen LogP contribution in [0.2, 0.25) is 0 Å². The zero-order valence-corrected chi connectivity index (χ0v) is 15.6. The summed E-state index contributed by atoms with van der Waals surface area (Å²) in [5.41, 5.74) is 2.00. The van der Waals surface area contributed by atoms with Gasteiger partial charge in [-0.2, -0.15) is 0 Å². The Bertz CT molecular complexity index is 422. The van der Waals surface area contributed by atoms with Crippen molar-refractivity contribution in [1.29, 1.82) is 0 Å². The molecule has 0 aliphatic rings. The molecule has 0 heterocycles. The second-order valence-corrected chi connectivity index (χ2v) is 5.23. The Morgan fingerprint density at radius 3 is 2.43 bits per heavy atom. The fourth-order valence-electron chi connectivity index (χ4n) is 1.85. The zero-order chi connectivity index (χ0) is 14.8. The molecule has 0 aliphatic carbocycles. The van der Waals surface area contributed by atoms with Crippen LogP contribution < -0.4 is 10.6 Å². The third-order valence-electron chi connectivity index (χ3n) is 3.05. The van der Waals surface area contributed by atoms with Crippen molar-refractivity contribution in [3.05, 3.63) is 35.4 Å². The fraction of sp³-hybridized carbons (Fsp3) is 0.562. The highest BCUT2D eigenvalue weighted by Crippen LogP contribution is 2.09. The molecule has 4 nitrogen and oxygen atoms in total. The summed E-state index contributed by atoms with van der Waals surface area (Å²) in [5.74, 6) is 1.52. The first-order valence-electron chi connectivity index (χ1n) is 7.37. The molecule has 0 saturated carbocycles. The van der Waals surface area contributed by atoms with Gasteiger partial charge in [0.05, 0.1) is 13.2 Å². The Kier molecular flexibility index (Phi) is 11.3. The number of aliphatic hydroxyl groups excluding tert-OH is 1. The smallest absolute Gasteiger partial charge is 0.191 e. The maximum absolute atomic E-state index is 9.31. The molecule has 21 heavy (non-hydrogen) atoms. The average molecular weight is 405 g/mol. The molecule has 0 bridgehead atoms. The average Bonchev–Trinajstić information content (AvgIpc) is 2.44. The van der Waals surface area contributed by atoms with Gasteiger partial charge in [-0.25, -0.2) is 4.99 Å². The minimum atomic E-state index is 0. The minimum Gasteiger partial charge on any atom is -0.392 e. The number of hydrogen-bond acceptors (Lipinski definition) is 2. The predicted molar refractivity (Wildman–Crippen MR) is 100 cm³/mol. The van der Waals surface area contributed by atoms with Gasteiger partial charge in [0.2, 0.25) is 0 Å². The van der Waals surface area contributed by atoms with Crippen molar-refractivity contribution in [2.75, 3.05) is 13.1 Å². The first-order valence-corrected chi connectivity index (χ1v) is 7.37. The van der Waals surface area contributed by atoms with Crippen LogP contribution in [0.4, 0.5) is 0 Å². The molecule has 3 N–H and O–H groups in total. The molecule has 0 unspecified atom stereocenters. The van der Waals surface area contributed by atoms with Crippen molar-refractivity contribution in [3.63, 3.8) is 0 Å².